The minimum atomic E-state index is -1.01. The minimum absolute atomic E-state index is 0.0533. The first-order valence-corrected chi connectivity index (χ1v) is 8.05. The first kappa shape index (κ1) is 15.5. The second kappa shape index (κ2) is 7.23. The summed E-state index contributed by atoms with van der Waals surface area (Å²) < 4.78 is 0. The van der Waals surface area contributed by atoms with Crippen LogP contribution in [0.3, 0.4) is 0 Å². The summed E-state index contributed by atoms with van der Waals surface area (Å²) >= 11 is 1.64. The maximum atomic E-state index is 10.6. The Morgan fingerprint density at radius 2 is 1.90 bits per heavy atom. The van der Waals surface area contributed by atoms with Gasteiger partial charge < -0.3 is 9.90 Å². The number of carboxylic acids is 1. The molecule has 2 nitrogen and oxygen atoms in total. The van der Waals surface area contributed by atoms with Gasteiger partial charge in [-0.2, -0.15) is 11.3 Å². The predicted molar refractivity (Wildman–Crippen MR) is 86.2 cm³/mol. The third-order valence-electron chi connectivity index (χ3n) is 3.42. The second-order valence-electron chi connectivity index (χ2n) is 5.32. The van der Waals surface area contributed by atoms with Crippen molar-refractivity contribution in [2.24, 2.45) is 0 Å². The van der Waals surface area contributed by atoms with Gasteiger partial charge in [0.1, 0.15) is 0 Å². The number of carboxylic acid groups (broad SMARTS) is 1. The highest BCUT2D eigenvalue weighted by molar-refractivity contribution is 7.08. The Labute approximate surface area is 129 Å². The Morgan fingerprint density at radius 3 is 2.43 bits per heavy atom. The minimum Gasteiger partial charge on any atom is -0.550 e. The Balaban J connectivity index is 2.29. The summed E-state index contributed by atoms with van der Waals surface area (Å²) in [7, 11) is 0. The zero-order valence-electron chi connectivity index (χ0n) is 12.3. The average Bonchev–Trinajstić information content (AvgIpc) is 2.97. The summed E-state index contributed by atoms with van der Waals surface area (Å²) in [6.07, 6.45) is 2.53. The van der Waals surface area contributed by atoms with Crippen LogP contribution >= 0.6 is 11.3 Å². The summed E-state index contributed by atoms with van der Waals surface area (Å²) in [4.78, 5) is 10.6. The van der Waals surface area contributed by atoms with E-state index in [0.717, 1.165) is 16.7 Å². The summed E-state index contributed by atoms with van der Waals surface area (Å²) in [5.74, 6) is -0.503. The molecule has 0 aliphatic carbocycles. The van der Waals surface area contributed by atoms with Crippen LogP contribution in [0, 0.1) is 0 Å². The van der Waals surface area contributed by atoms with Crippen LogP contribution < -0.4 is 5.11 Å². The fourth-order valence-corrected chi connectivity index (χ4v) is 2.86. The van der Waals surface area contributed by atoms with Gasteiger partial charge in [0.15, 0.2) is 0 Å². The normalized spacial score (nSPS) is 11.9. The van der Waals surface area contributed by atoms with E-state index in [1.807, 2.05) is 11.5 Å². The Kier molecular flexibility index (Phi) is 5.34. The Morgan fingerprint density at radius 1 is 1.19 bits per heavy atom. The highest BCUT2D eigenvalue weighted by Gasteiger charge is 2.06. The molecule has 2 rings (SSSR count). The quantitative estimate of drug-likeness (QED) is 0.813. The summed E-state index contributed by atoms with van der Waals surface area (Å²) in [5.41, 5.74) is 4.65. The first-order valence-electron chi connectivity index (χ1n) is 7.11. The number of carbonyl (C=O) groups is 1. The molecule has 3 heteroatoms. The van der Waals surface area contributed by atoms with Crippen LogP contribution in [0.25, 0.3) is 5.57 Å². The van der Waals surface area contributed by atoms with E-state index in [0.29, 0.717) is 12.3 Å². The number of carbonyl (C=O) groups excluding carboxylic acids is 1. The van der Waals surface area contributed by atoms with E-state index in [2.05, 4.69) is 49.6 Å². The standard InChI is InChI=1S/C18H20O2S/c1-13(2)14-6-8-15(9-7-14)17(4-3-5-18(19)20)16-10-11-21-12-16/h4,6-13H,3,5H2,1-2H3,(H,19,20)/p-1/b17-4-. The van der Waals surface area contributed by atoms with Crippen molar-refractivity contribution >= 4 is 22.9 Å². The molecule has 0 saturated heterocycles. The topological polar surface area (TPSA) is 40.1 Å². The summed E-state index contributed by atoms with van der Waals surface area (Å²) in [6, 6.07) is 10.6. The molecule has 0 N–H and O–H groups in total. The van der Waals surface area contributed by atoms with Crippen LogP contribution in [-0.2, 0) is 4.79 Å². The van der Waals surface area contributed by atoms with Gasteiger partial charge in [0.25, 0.3) is 0 Å². The molecule has 1 aromatic carbocycles. The van der Waals surface area contributed by atoms with Crippen LogP contribution in [0.15, 0.2) is 47.2 Å². The first-order chi connectivity index (χ1) is 10.1. The maximum absolute atomic E-state index is 10.6. The Hall–Kier alpha value is -1.87. The van der Waals surface area contributed by atoms with Crippen molar-refractivity contribution in [1.82, 2.24) is 0 Å². The van der Waals surface area contributed by atoms with Gasteiger partial charge in [0.05, 0.1) is 0 Å². The van der Waals surface area contributed by atoms with Crippen molar-refractivity contribution in [3.63, 3.8) is 0 Å². The molecule has 0 spiro atoms. The number of thiophene rings is 1. The van der Waals surface area contributed by atoms with Crippen molar-refractivity contribution in [2.75, 3.05) is 0 Å². The number of hydrogen-bond donors (Lipinski definition) is 0. The van der Waals surface area contributed by atoms with E-state index in [1.54, 1.807) is 11.3 Å². The monoisotopic (exact) mass is 299 g/mol. The van der Waals surface area contributed by atoms with Crippen LogP contribution in [0.1, 0.15) is 49.3 Å². The highest BCUT2D eigenvalue weighted by atomic mass is 32.1. The Bertz CT molecular complexity index is 607. The lowest BCUT2D eigenvalue weighted by molar-refractivity contribution is -0.305. The van der Waals surface area contributed by atoms with Crippen molar-refractivity contribution in [2.45, 2.75) is 32.6 Å². The van der Waals surface area contributed by atoms with Crippen molar-refractivity contribution in [3.8, 4) is 0 Å². The molecule has 0 aliphatic heterocycles. The number of aliphatic carboxylic acids is 1. The molecule has 21 heavy (non-hydrogen) atoms. The molecule has 0 atom stereocenters. The largest absolute Gasteiger partial charge is 0.550 e. The molecule has 2 aromatic rings. The molecule has 0 unspecified atom stereocenters. The fourth-order valence-electron chi connectivity index (χ4n) is 2.20. The molecule has 1 heterocycles. The van der Waals surface area contributed by atoms with Gasteiger partial charge in [-0.25, -0.2) is 0 Å². The number of allylic oxidation sites excluding steroid dienone is 1. The second-order valence-corrected chi connectivity index (χ2v) is 6.10. The van der Waals surface area contributed by atoms with E-state index in [9.17, 15) is 9.90 Å². The lowest BCUT2D eigenvalue weighted by Gasteiger charge is -2.10. The van der Waals surface area contributed by atoms with Crippen LogP contribution in [0.4, 0.5) is 0 Å². The predicted octanol–water partition coefficient (Wildman–Crippen LogP) is 3.83. The van der Waals surface area contributed by atoms with E-state index in [-0.39, 0.29) is 6.42 Å². The zero-order valence-corrected chi connectivity index (χ0v) is 13.2. The molecular formula is C18H19O2S-. The maximum Gasteiger partial charge on any atom is 0.0417 e. The highest BCUT2D eigenvalue weighted by Crippen LogP contribution is 2.27. The molecule has 0 saturated carbocycles. The fraction of sp³-hybridized carbons (Fsp3) is 0.278. The third-order valence-corrected chi connectivity index (χ3v) is 4.10. The molecule has 1 aromatic heterocycles. The molecule has 0 amide bonds. The number of hydrogen-bond acceptors (Lipinski definition) is 3. The van der Waals surface area contributed by atoms with Gasteiger partial charge in [-0.3, -0.25) is 0 Å². The smallest absolute Gasteiger partial charge is 0.0417 e. The van der Waals surface area contributed by atoms with Crippen molar-refractivity contribution in [1.29, 1.82) is 0 Å². The van der Waals surface area contributed by atoms with E-state index in [4.69, 9.17) is 0 Å². The molecule has 110 valence electrons. The average molecular weight is 299 g/mol. The van der Waals surface area contributed by atoms with Gasteiger partial charge in [-0.1, -0.05) is 44.2 Å². The van der Waals surface area contributed by atoms with Gasteiger partial charge >= 0.3 is 0 Å². The third kappa shape index (κ3) is 4.30. The van der Waals surface area contributed by atoms with E-state index >= 15 is 0 Å². The molecular weight excluding hydrogens is 280 g/mol. The van der Waals surface area contributed by atoms with E-state index in [1.165, 1.54) is 5.56 Å². The lowest BCUT2D eigenvalue weighted by atomic mass is 9.95. The van der Waals surface area contributed by atoms with Gasteiger partial charge in [-0.05, 0) is 57.8 Å². The van der Waals surface area contributed by atoms with Crippen LogP contribution in [-0.4, -0.2) is 5.97 Å². The van der Waals surface area contributed by atoms with Gasteiger partial charge in [-0.15, -0.1) is 0 Å². The SMILES string of the molecule is CC(C)c1ccc(/C(=C/CCC(=O)[O-])c2ccsc2)cc1. The van der Waals surface area contributed by atoms with Crippen LogP contribution in [0.5, 0.6) is 0 Å². The van der Waals surface area contributed by atoms with Crippen molar-refractivity contribution < 1.29 is 9.90 Å². The van der Waals surface area contributed by atoms with Crippen LogP contribution in [0.2, 0.25) is 0 Å². The van der Waals surface area contributed by atoms with Crippen molar-refractivity contribution in [3.05, 3.63) is 63.9 Å². The van der Waals surface area contributed by atoms with Gasteiger partial charge in [0, 0.05) is 5.97 Å². The zero-order chi connectivity index (χ0) is 15.2. The number of rotatable bonds is 6. The van der Waals surface area contributed by atoms with Gasteiger partial charge in [0.2, 0.25) is 0 Å². The summed E-state index contributed by atoms with van der Waals surface area (Å²) in [6.45, 7) is 4.34. The molecule has 0 fully saturated rings. The molecule has 0 bridgehead atoms. The summed E-state index contributed by atoms with van der Waals surface area (Å²) in [5, 5.41) is 14.7. The number of benzene rings is 1. The lowest BCUT2D eigenvalue weighted by Crippen LogP contribution is -2.21. The van der Waals surface area contributed by atoms with E-state index < -0.39 is 5.97 Å². The molecule has 0 aliphatic rings. The molecule has 0 radical (unpaired) electrons.